The lowest BCUT2D eigenvalue weighted by Gasteiger charge is -2.18. The van der Waals surface area contributed by atoms with E-state index < -0.39 is 6.10 Å². The standard InChI is InChI=1S/C68H112O6/c1-4-7-10-13-16-18-20-22-24-26-28-29-30-31-32-33-34-35-36-37-38-39-41-42-44-46-48-50-52-55-58-61-67(70)73-64-65(63-72-66(69)60-57-54-15-12-9-6-3)74-68(71)62-59-56-53-51-49-47-45-43-40-27-25-23-21-19-17-14-11-8-5-2/h7-8,10-11,16-19,22-25,28-29,31-32,34-35,40,43,65H,4-6,9,12-15,20-21,26-27,30,33,36-39,41-42,44-64H2,1-3H3/b10-7-,11-8-,18-16-,19-17-,24-22-,25-23-,29-28-,32-31-,35-34-,43-40-. The van der Waals surface area contributed by atoms with Gasteiger partial charge in [-0.3, -0.25) is 14.4 Å². The van der Waals surface area contributed by atoms with Gasteiger partial charge >= 0.3 is 17.9 Å². The van der Waals surface area contributed by atoms with Crippen molar-refractivity contribution < 1.29 is 28.6 Å². The molecule has 0 saturated carbocycles. The van der Waals surface area contributed by atoms with Gasteiger partial charge in [0.2, 0.25) is 0 Å². The van der Waals surface area contributed by atoms with Crippen LogP contribution in [0.3, 0.4) is 0 Å². The highest BCUT2D eigenvalue weighted by molar-refractivity contribution is 5.71. The number of ether oxygens (including phenoxy) is 3. The van der Waals surface area contributed by atoms with Gasteiger partial charge in [0.25, 0.3) is 0 Å². The quantitative estimate of drug-likeness (QED) is 0.0261. The molecule has 74 heavy (non-hydrogen) atoms. The summed E-state index contributed by atoms with van der Waals surface area (Å²) in [5.74, 6) is -0.910. The zero-order valence-corrected chi connectivity index (χ0v) is 48.1. The average molecular weight is 1030 g/mol. The molecule has 6 nitrogen and oxygen atoms in total. The first-order valence-corrected chi connectivity index (χ1v) is 30.5. The zero-order valence-electron chi connectivity index (χ0n) is 48.1. The van der Waals surface area contributed by atoms with Gasteiger partial charge in [-0.1, -0.05) is 264 Å². The van der Waals surface area contributed by atoms with Crippen molar-refractivity contribution in [1.29, 1.82) is 0 Å². The largest absolute Gasteiger partial charge is 0.462 e. The van der Waals surface area contributed by atoms with Gasteiger partial charge < -0.3 is 14.2 Å². The maximum atomic E-state index is 12.8. The highest BCUT2D eigenvalue weighted by atomic mass is 16.6. The predicted octanol–water partition coefficient (Wildman–Crippen LogP) is 20.8. The molecule has 6 heteroatoms. The first-order valence-electron chi connectivity index (χ1n) is 30.5. The number of rotatable bonds is 54. The van der Waals surface area contributed by atoms with Crippen LogP contribution in [0.25, 0.3) is 0 Å². The normalized spacial score (nSPS) is 13.0. The molecule has 0 amide bonds. The first-order chi connectivity index (χ1) is 36.5. The van der Waals surface area contributed by atoms with Gasteiger partial charge in [0.1, 0.15) is 13.2 Å². The number of unbranched alkanes of at least 4 members (excludes halogenated alkanes) is 23. The molecule has 1 atom stereocenters. The van der Waals surface area contributed by atoms with Crippen molar-refractivity contribution in [3.8, 4) is 0 Å². The molecule has 0 spiro atoms. The van der Waals surface area contributed by atoms with Crippen molar-refractivity contribution in [3.05, 3.63) is 122 Å². The number of esters is 3. The summed E-state index contributed by atoms with van der Waals surface area (Å²) in [5.41, 5.74) is 0. The van der Waals surface area contributed by atoms with Crippen molar-refractivity contribution >= 4 is 17.9 Å². The number of carbonyl (C=O) groups is 3. The first kappa shape index (κ1) is 69.8. The van der Waals surface area contributed by atoms with E-state index in [9.17, 15) is 14.4 Å². The Hall–Kier alpha value is -4.19. The van der Waals surface area contributed by atoms with Gasteiger partial charge in [-0.2, -0.15) is 0 Å². The van der Waals surface area contributed by atoms with Crippen LogP contribution in [-0.2, 0) is 28.6 Å². The molecule has 0 aliphatic heterocycles. The Morgan fingerprint density at radius 2 is 0.527 bits per heavy atom. The summed E-state index contributed by atoms with van der Waals surface area (Å²) in [7, 11) is 0. The molecular formula is C68H112O6. The lowest BCUT2D eigenvalue weighted by molar-refractivity contribution is -0.167. The molecule has 0 aliphatic carbocycles. The lowest BCUT2D eigenvalue weighted by atomic mass is 10.0. The molecule has 0 rings (SSSR count). The van der Waals surface area contributed by atoms with E-state index in [1.807, 2.05) is 0 Å². The zero-order chi connectivity index (χ0) is 53.6. The van der Waals surface area contributed by atoms with E-state index in [1.54, 1.807) is 0 Å². The second-order valence-electron chi connectivity index (χ2n) is 19.9. The smallest absolute Gasteiger partial charge is 0.306 e. The van der Waals surface area contributed by atoms with E-state index in [0.29, 0.717) is 19.3 Å². The molecule has 0 bridgehead atoms. The summed E-state index contributed by atoms with van der Waals surface area (Å²) in [6, 6.07) is 0. The third-order valence-corrected chi connectivity index (χ3v) is 12.7. The van der Waals surface area contributed by atoms with Gasteiger partial charge in [-0.15, -0.1) is 0 Å². The fourth-order valence-corrected chi connectivity index (χ4v) is 8.20. The Labute approximate surface area is 456 Å². The van der Waals surface area contributed by atoms with Crippen molar-refractivity contribution in [3.63, 3.8) is 0 Å². The molecule has 0 aromatic heterocycles. The topological polar surface area (TPSA) is 78.9 Å². The maximum Gasteiger partial charge on any atom is 0.306 e. The number of carbonyl (C=O) groups excluding carboxylic acids is 3. The fraction of sp³-hybridized carbons (Fsp3) is 0.662. The molecule has 0 aliphatic rings. The predicted molar refractivity (Wildman–Crippen MR) is 320 cm³/mol. The summed E-state index contributed by atoms with van der Waals surface area (Å²) in [5, 5.41) is 0. The van der Waals surface area contributed by atoms with E-state index in [0.717, 1.165) is 135 Å². The van der Waals surface area contributed by atoms with Gasteiger partial charge in [0.05, 0.1) is 0 Å². The van der Waals surface area contributed by atoms with Crippen LogP contribution in [0.5, 0.6) is 0 Å². The molecule has 0 N–H and O–H groups in total. The Kier molecular flexibility index (Phi) is 57.9. The Morgan fingerprint density at radius 1 is 0.284 bits per heavy atom. The second kappa shape index (κ2) is 61.4. The summed E-state index contributed by atoms with van der Waals surface area (Å²) in [6.45, 7) is 6.34. The molecule has 420 valence electrons. The van der Waals surface area contributed by atoms with Gasteiger partial charge in [0, 0.05) is 19.3 Å². The van der Waals surface area contributed by atoms with Crippen molar-refractivity contribution in [1.82, 2.24) is 0 Å². The van der Waals surface area contributed by atoms with Gasteiger partial charge in [0.15, 0.2) is 6.10 Å². The monoisotopic (exact) mass is 1020 g/mol. The second-order valence-corrected chi connectivity index (χ2v) is 19.9. The minimum Gasteiger partial charge on any atom is -0.462 e. The van der Waals surface area contributed by atoms with E-state index in [4.69, 9.17) is 14.2 Å². The summed E-state index contributed by atoms with van der Waals surface area (Å²) < 4.78 is 16.8. The summed E-state index contributed by atoms with van der Waals surface area (Å²) in [4.78, 5) is 37.9. The van der Waals surface area contributed by atoms with Crippen molar-refractivity contribution in [2.45, 2.75) is 277 Å². The van der Waals surface area contributed by atoms with Crippen LogP contribution in [-0.4, -0.2) is 37.2 Å². The molecule has 0 saturated heterocycles. The summed E-state index contributed by atoms with van der Waals surface area (Å²) in [6.07, 6.45) is 85.2. The molecule has 0 aromatic rings. The maximum absolute atomic E-state index is 12.8. The van der Waals surface area contributed by atoms with Crippen LogP contribution < -0.4 is 0 Å². The molecule has 0 radical (unpaired) electrons. The van der Waals surface area contributed by atoms with E-state index >= 15 is 0 Å². The minimum absolute atomic E-state index is 0.0853. The fourth-order valence-electron chi connectivity index (χ4n) is 8.20. The number of allylic oxidation sites excluding steroid dienone is 20. The highest BCUT2D eigenvalue weighted by Crippen LogP contribution is 2.15. The number of hydrogen-bond acceptors (Lipinski definition) is 6. The van der Waals surface area contributed by atoms with Crippen molar-refractivity contribution in [2.24, 2.45) is 0 Å². The van der Waals surface area contributed by atoms with Crippen LogP contribution in [0.4, 0.5) is 0 Å². The van der Waals surface area contributed by atoms with Gasteiger partial charge in [-0.05, 0) is 109 Å². The molecule has 0 aromatic carbocycles. The van der Waals surface area contributed by atoms with Crippen LogP contribution in [0.2, 0.25) is 0 Å². The molecule has 0 heterocycles. The molecule has 0 fully saturated rings. The lowest BCUT2D eigenvalue weighted by Crippen LogP contribution is -2.30. The minimum atomic E-state index is -0.785. The Balaban J connectivity index is 4.11. The van der Waals surface area contributed by atoms with Crippen molar-refractivity contribution in [2.75, 3.05) is 13.2 Å². The summed E-state index contributed by atoms with van der Waals surface area (Å²) >= 11 is 0. The van der Waals surface area contributed by atoms with E-state index in [1.165, 1.54) is 96.3 Å². The van der Waals surface area contributed by atoms with Crippen LogP contribution in [0.1, 0.15) is 271 Å². The number of hydrogen-bond donors (Lipinski definition) is 0. The third-order valence-electron chi connectivity index (χ3n) is 12.7. The highest BCUT2D eigenvalue weighted by Gasteiger charge is 2.19. The van der Waals surface area contributed by atoms with E-state index in [2.05, 4.69) is 142 Å². The Bertz CT molecular complexity index is 1550. The molecular weight excluding hydrogens is 913 g/mol. The van der Waals surface area contributed by atoms with Crippen LogP contribution >= 0.6 is 0 Å². The van der Waals surface area contributed by atoms with Crippen LogP contribution in [0.15, 0.2) is 122 Å². The molecule has 1 unspecified atom stereocenters. The Morgan fingerprint density at radius 3 is 0.824 bits per heavy atom. The van der Waals surface area contributed by atoms with E-state index in [-0.39, 0.29) is 31.1 Å². The average Bonchev–Trinajstić information content (AvgIpc) is 3.40. The van der Waals surface area contributed by atoms with Gasteiger partial charge in [-0.25, -0.2) is 0 Å². The van der Waals surface area contributed by atoms with Crippen LogP contribution in [0, 0.1) is 0 Å². The third kappa shape index (κ3) is 58.7. The SMILES string of the molecule is CC/C=C\C/C=C\C/C=C\C/C=C\C/C=C\C/C=C\CCCCCCCCCCCCCCC(=O)OCC(COC(=O)CCCCCCCC)OC(=O)CCCCCCCC/C=C\C/C=C\C/C=C\C/C=C\CC.